The van der Waals surface area contributed by atoms with Crippen LogP contribution in [0, 0.1) is 0 Å². The van der Waals surface area contributed by atoms with Crippen molar-refractivity contribution in [3.63, 3.8) is 0 Å². The molecule has 1 aromatic carbocycles. The average Bonchev–Trinajstić information content (AvgIpc) is 2.86. The van der Waals surface area contributed by atoms with Gasteiger partial charge in [-0.15, -0.1) is 0 Å². The van der Waals surface area contributed by atoms with Crippen molar-refractivity contribution < 1.29 is 9.53 Å². The van der Waals surface area contributed by atoms with E-state index in [0.29, 0.717) is 6.04 Å². The fourth-order valence-corrected chi connectivity index (χ4v) is 3.01. The number of hydrogen-bond donors (Lipinski definition) is 2. The summed E-state index contributed by atoms with van der Waals surface area (Å²) >= 11 is 0. The van der Waals surface area contributed by atoms with E-state index in [-0.39, 0.29) is 12.1 Å². The van der Waals surface area contributed by atoms with Crippen LogP contribution in [-0.2, 0) is 11.2 Å². The Bertz CT molecular complexity index is 505. The molecule has 1 fully saturated rings. The smallest absolute Gasteiger partial charge is 0.407 e. The summed E-state index contributed by atoms with van der Waals surface area (Å²) in [6, 6.07) is 9.29. The van der Waals surface area contributed by atoms with Gasteiger partial charge in [0, 0.05) is 17.8 Å². The van der Waals surface area contributed by atoms with Crippen molar-refractivity contribution in [3.05, 3.63) is 29.8 Å². The van der Waals surface area contributed by atoms with E-state index in [0.717, 1.165) is 31.4 Å². The quantitative estimate of drug-likeness (QED) is 0.840. The molecule has 1 aromatic rings. The molecule has 1 aliphatic carbocycles. The third-order valence-electron chi connectivity index (χ3n) is 4.02. The molecule has 2 rings (SSSR count). The second-order valence-corrected chi connectivity index (χ2v) is 7.44. The lowest BCUT2D eigenvalue weighted by atomic mass is 10.1. The van der Waals surface area contributed by atoms with Gasteiger partial charge in [0.15, 0.2) is 0 Å². The summed E-state index contributed by atoms with van der Waals surface area (Å²) in [5, 5.41) is 6.55. The number of anilines is 1. The van der Waals surface area contributed by atoms with Gasteiger partial charge in [0.25, 0.3) is 0 Å². The summed E-state index contributed by atoms with van der Waals surface area (Å²) in [7, 11) is 0. The molecular weight excluding hydrogens is 288 g/mol. The van der Waals surface area contributed by atoms with Gasteiger partial charge in [-0.25, -0.2) is 4.79 Å². The van der Waals surface area contributed by atoms with Gasteiger partial charge < -0.3 is 15.4 Å². The predicted octanol–water partition coefficient (Wildman–Crippen LogP) is 4.50. The Morgan fingerprint density at radius 3 is 2.43 bits per heavy atom. The number of aryl methyl sites for hydroxylation is 1. The van der Waals surface area contributed by atoms with E-state index in [2.05, 4.69) is 41.8 Å². The standard InChI is InChI=1S/C19H30N2O2/c1-5-6-14-7-9-15(10-8-14)20-16-11-12-17(13-16)21-18(22)23-19(2,3)4/h7-10,16-17,20H,5-6,11-13H2,1-4H3,(H,21,22). The largest absolute Gasteiger partial charge is 0.444 e. The highest BCUT2D eigenvalue weighted by atomic mass is 16.6. The van der Waals surface area contributed by atoms with Gasteiger partial charge in [0.05, 0.1) is 0 Å². The minimum atomic E-state index is -0.444. The molecule has 4 heteroatoms. The summed E-state index contributed by atoms with van der Waals surface area (Å²) in [5.41, 5.74) is 2.10. The van der Waals surface area contributed by atoms with Crippen LogP contribution in [0.3, 0.4) is 0 Å². The first-order valence-electron chi connectivity index (χ1n) is 8.70. The zero-order chi connectivity index (χ0) is 16.9. The summed E-state index contributed by atoms with van der Waals surface area (Å²) < 4.78 is 5.32. The van der Waals surface area contributed by atoms with Crippen molar-refractivity contribution in [1.29, 1.82) is 0 Å². The molecule has 0 spiro atoms. The van der Waals surface area contributed by atoms with Gasteiger partial charge >= 0.3 is 6.09 Å². The molecule has 128 valence electrons. The first-order valence-corrected chi connectivity index (χ1v) is 8.70. The Morgan fingerprint density at radius 2 is 1.83 bits per heavy atom. The topological polar surface area (TPSA) is 50.4 Å². The lowest BCUT2D eigenvalue weighted by molar-refractivity contribution is 0.0505. The number of carbonyl (C=O) groups is 1. The summed E-state index contributed by atoms with van der Waals surface area (Å²) in [5.74, 6) is 0. The van der Waals surface area contributed by atoms with Crippen molar-refractivity contribution in [2.75, 3.05) is 5.32 Å². The number of carbonyl (C=O) groups excluding carboxylic acids is 1. The highest BCUT2D eigenvalue weighted by Gasteiger charge is 2.27. The van der Waals surface area contributed by atoms with Crippen LogP contribution >= 0.6 is 0 Å². The molecule has 0 saturated heterocycles. The van der Waals surface area contributed by atoms with E-state index in [1.54, 1.807) is 0 Å². The molecule has 0 aromatic heterocycles. The average molecular weight is 318 g/mol. The fourth-order valence-electron chi connectivity index (χ4n) is 3.01. The number of hydrogen-bond acceptors (Lipinski definition) is 3. The fraction of sp³-hybridized carbons (Fsp3) is 0.632. The summed E-state index contributed by atoms with van der Waals surface area (Å²) in [4.78, 5) is 11.8. The maximum atomic E-state index is 11.8. The minimum absolute atomic E-state index is 0.196. The molecule has 1 aliphatic rings. The van der Waals surface area contributed by atoms with E-state index >= 15 is 0 Å². The van der Waals surface area contributed by atoms with Crippen molar-refractivity contribution in [2.24, 2.45) is 0 Å². The van der Waals surface area contributed by atoms with Gasteiger partial charge in [0.1, 0.15) is 5.60 Å². The third-order valence-corrected chi connectivity index (χ3v) is 4.02. The number of alkyl carbamates (subject to hydrolysis) is 1. The van der Waals surface area contributed by atoms with Crippen LogP contribution in [0.2, 0.25) is 0 Å². The molecule has 1 saturated carbocycles. The van der Waals surface area contributed by atoms with Crippen molar-refractivity contribution in [2.45, 2.75) is 77.5 Å². The molecule has 2 N–H and O–H groups in total. The SMILES string of the molecule is CCCc1ccc(NC2CCC(NC(=O)OC(C)(C)C)C2)cc1. The van der Waals surface area contributed by atoms with Crippen LogP contribution < -0.4 is 10.6 Å². The Morgan fingerprint density at radius 1 is 1.17 bits per heavy atom. The van der Waals surface area contributed by atoms with E-state index in [1.807, 2.05) is 20.8 Å². The molecule has 23 heavy (non-hydrogen) atoms. The van der Waals surface area contributed by atoms with E-state index in [4.69, 9.17) is 4.74 Å². The maximum Gasteiger partial charge on any atom is 0.407 e. The number of amides is 1. The number of rotatable bonds is 5. The number of nitrogens with one attached hydrogen (secondary N) is 2. The minimum Gasteiger partial charge on any atom is -0.444 e. The molecule has 2 unspecified atom stereocenters. The van der Waals surface area contributed by atoms with Crippen molar-refractivity contribution >= 4 is 11.8 Å². The van der Waals surface area contributed by atoms with Gasteiger partial charge in [-0.1, -0.05) is 25.5 Å². The highest BCUT2D eigenvalue weighted by Crippen LogP contribution is 2.24. The van der Waals surface area contributed by atoms with E-state index in [9.17, 15) is 4.79 Å². The van der Waals surface area contributed by atoms with Crippen LogP contribution in [0.25, 0.3) is 0 Å². The summed E-state index contributed by atoms with van der Waals surface area (Å²) in [6.45, 7) is 7.85. The van der Waals surface area contributed by atoms with Crippen LogP contribution in [0.5, 0.6) is 0 Å². The normalized spacial score (nSPS) is 21.0. The van der Waals surface area contributed by atoms with Gasteiger partial charge in [-0.2, -0.15) is 0 Å². The molecule has 4 nitrogen and oxygen atoms in total. The molecule has 1 amide bonds. The van der Waals surface area contributed by atoms with Gasteiger partial charge in [-0.3, -0.25) is 0 Å². The first kappa shape index (κ1) is 17.6. The molecule has 0 radical (unpaired) electrons. The van der Waals surface area contributed by atoms with Crippen LogP contribution in [0.4, 0.5) is 10.5 Å². The Labute approximate surface area is 140 Å². The highest BCUT2D eigenvalue weighted by molar-refractivity contribution is 5.68. The van der Waals surface area contributed by atoms with E-state index in [1.165, 1.54) is 12.0 Å². The Balaban J connectivity index is 1.77. The zero-order valence-electron chi connectivity index (χ0n) is 14.8. The lowest BCUT2D eigenvalue weighted by Gasteiger charge is -2.22. The van der Waals surface area contributed by atoms with E-state index < -0.39 is 5.60 Å². The van der Waals surface area contributed by atoms with Crippen LogP contribution in [0.15, 0.2) is 24.3 Å². The molecular formula is C19H30N2O2. The van der Waals surface area contributed by atoms with Gasteiger partial charge in [0.2, 0.25) is 0 Å². The maximum absolute atomic E-state index is 11.8. The molecule has 0 heterocycles. The van der Waals surface area contributed by atoms with Gasteiger partial charge in [-0.05, 0) is 64.2 Å². The monoisotopic (exact) mass is 318 g/mol. The van der Waals surface area contributed by atoms with Crippen LogP contribution in [-0.4, -0.2) is 23.8 Å². The predicted molar refractivity (Wildman–Crippen MR) is 94.9 cm³/mol. The summed E-state index contributed by atoms with van der Waals surface area (Å²) in [6.07, 6.45) is 4.99. The Hall–Kier alpha value is -1.71. The Kier molecular flexibility index (Phi) is 5.91. The van der Waals surface area contributed by atoms with Crippen molar-refractivity contribution in [3.8, 4) is 0 Å². The van der Waals surface area contributed by atoms with Crippen molar-refractivity contribution in [1.82, 2.24) is 5.32 Å². The lowest BCUT2D eigenvalue weighted by Crippen LogP contribution is -2.38. The second-order valence-electron chi connectivity index (χ2n) is 7.44. The molecule has 2 atom stereocenters. The first-order chi connectivity index (χ1) is 10.9. The second kappa shape index (κ2) is 7.71. The zero-order valence-corrected chi connectivity index (χ0v) is 14.8. The van der Waals surface area contributed by atoms with Crippen LogP contribution in [0.1, 0.15) is 58.9 Å². The number of benzene rings is 1. The third kappa shape index (κ3) is 6.12. The molecule has 0 bridgehead atoms. The molecule has 0 aliphatic heterocycles. The number of ether oxygens (including phenoxy) is 1.